The van der Waals surface area contributed by atoms with Gasteiger partial charge in [-0.05, 0) is 51.4 Å². The molecule has 0 aromatic heterocycles. The van der Waals surface area contributed by atoms with E-state index >= 15 is 0 Å². The Balaban J connectivity index is 1.98. The summed E-state index contributed by atoms with van der Waals surface area (Å²) in [6, 6.07) is 8.92. The number of benzene rings is 1. The maximum absolute atomic E-state index is 12.3. The van der Waals surface area contributed by atoms with E-state index in [-0.39, 0.29) is 0 Å². The van der Waals surface area contributed by atoms with Gasteiger partial charge in [-0.3, -0.25) is 4.79 Å². The number of amides is 1. The Morgan fingerprint density at radius 2 is 2.15 bits per heavy atom. The predicted octanol–water partition coefficient (Wildman–Crippen LogP) is 2.70. The third-order valence-electron chi connectivity index (χ3n) is 4.34. The number of nitrogens with one attached hydrogen (secondary N) is 1. The summed E-state index contributed by atoms with van der Waals surface area (Å²) < 4.78 is 0. The first-order valence-corrected chi connectivity index (χ1v) is 7.63. The highest BCUT2D eigenvalue weighted by Crippen LogP contribution is 2.33. The molecule has 1 aromatic carbocycles. The fourth-order valence-electron chi connectivity index (χ4n) is 3.21. The molecule has 2 rings (SSSR count). The zero-order valence-corrected chi connectivity index (χ0v) is 12.9. The molecule has 0 aliphatic carbocycles. The lowest BCUT2D eigenvalue weighted by molar-refractivity contribution is -0.131. The second-order valence-corrected chi connectivity index (χ2v) is 5.89. The van der Waals surface area contributed by atoms with Gasteiger partial charge in [0, 0.05) is 24.9 Å². The third kappa shape index (κ3) is 3.40. The quantitative estimate of drug-likeness (QED) is 0.837. The Labute approximate surface area is 122 Å². The molecule has 1 aromatic rings. The smallest absolute Gasteiger partial charge is 0.222 e. The van der Waals surface area contributed by atoms with Crippen LogP contribution in [-0.4, -0.2) is 37.0 Å². The summed E-state index contributed by atoms with van der Waals surface area (Å²) in [5.41, 5.74) is 2.75. The number of rotatable bonds is 5. The molecule has 20 heavy (non-hydrogen) atoms. The van der Waals surface area contributed by atoms with Crippen molar-refractivity contribution in [2.24, 2.45) is 0 Å². The van der Waals surface area contributed by atoms with Gasteiger partial charge >= 0.3 is 0 Å². The lowest BCUT2D eigenvalue weighted by atomic mass is 9.93. The molecular weight excluding hydrogens is 248 g/mol. The van der Waals surface area contributed by atoms with Crippen molar-refractivity contribution in [1.29, 1.82) is 0 Å². The van der Waals surface area contributed by atoms with E-state index < -0.39 is 0 Å². The number of likely N-dealkylation sites (tertiary alicyclic amines) is 1. The predicted molar refractivity (Wildman–Crippen MR) is 82.9 cm³/mol. The van der Waals surface area contributed by atoms with E-state index in [1.165, 1.54) is 11.1 Å². The van der Waals surface area contributed by atoms with Crippen LogP contribution in [0.2, 0.25) is 0 Å². The van der Waals surface area contributed by atoms with Crippen LogP contribution in [0.25, 0.3) is 0 Å². The normalized spacial score (nSPS) is 22.2. The van der Waals surface area contributed by atoms with Crippen LogP contribution in [0.3, 0.4) is 0 Å². The average molecular weight is 274 g/mol. The van der Waals surface area contributed by atoms with Crippen LogP contribution in [0.5, 0.6) is 0 Å². The monoisotopic (exact) mass is 274 g/mol. The summed E-state index contributed by atoms with van der Waals surface area (Å²) in [6.07, 6.45) is 2.67. The molecule has 0 spiro atoms. The second-order valence-electron chi connectivity index (χ2n) is 5.89. The molecule has 0 saturated carbocycles. The number of carbonyl (C=O) groups excluding carboxylic acids is 1. The van der Waals surface area contributed by atoms with Gasteiger partial charge in [0.2, 0.25) is 5.91 Å². The summed E-state index contributed by atoms with van der Waals surface area (Å²) >= 11 is 0. The fourth-order valence-corrected chi connectivity index (χ4v) is 3.21. The number of nitrogens with zero attached hydrogens (tertiary/aromatic N) is 1. The Kier molecular flexibility index (Phi) is 5.18. The molecule has 1 N–H and O–H groups in total. The highest BCUT2D eigenvalue weighted by molar-refractivity contribution is 5.77. The number of hydrogen-bond donors (Lipinski definition) is 1. The van der Waals surface area contributed by atoms with Gasteiger partial charge in [-0.15, -0.1) is 0 Å². The Morgan fingerprint density at radius 1 is 1.40 bits per heavy atom. The van der Waals surface area contributed by atoms with Crippen LogP contribution in [0.4, 0.5) is 0 Å². The van der Waals surface area contributed by atoms with E-state index in [2.05, 4.69) is 48.3 Å². The highest BCUT2D eigenvalue weighted by atomic mass is 16.2. The molecule has 1 aliphatic heterocycles. The second kappa shape index (κ2) is 6.89. The third-order valence-corrected chi connectivity index (χ3v) is 4.34. The topological polar surface area (TPSA) is 32.3 Å². The van der Waals surface area contributed by atoms with Crippen molar-refractivity contribution in [2.45, 2.75) is 45.1 Å². The first kappa shape index (κ1) is 15.0. The van der Waals surface area contributed by atoms with E-state index in [4.69, 9.17) is 0 Å². The molecule has 1 amide bonds. The number of hydrogen-bond acceptors (Lipinski definition) is 2. The van der Waals surface area contributed by atoms with Gasteiger partial charge in [-0.25, -0.2) is 0 Å². The van der Waals surface area contributed by atoms with Crippen LogP contribution >= 0.6 is 0 Å². The first-order valence-electron chi connectivity index (χ1n) is 7.63. The van der Waals surface area contributed by atoms with Crippen molar-refractivity contribution in [2.75, 3.05) is 20.1 Å². The van der Waals surface area contributed by atoms with Crippen LogP contribution in [-0.2, 0) is 4.79 Å². The van der Waals surface area contributed by atoms with Crippen molar-refractivity contribution < 1.29 is 4.79 Å². The molecule has 3 nitrogen and oxygen atoms in total. The zero-order chi connectivity index (χ0) is 14.5. The SMILES string of the molecule is CNCCCC(=O)N1C[C@H](c2ccccc2C)C[C@@H]1C. The Hall–Kier alpha value is -1.35. The molecule has 0 radical (unpaired) electrons. The minimum atomic E-state index is 0.309. The molecular formula is C17H26N2O. The molecule has 3 heteroatoms. The standard InChI is InChI=1S/C17H26N2O/c1-13-7-4-5-8-16(13)15-11-14(2)19(12-15)17(20)9-6-10-18-3/h4-5,7-8,14-15,18H,6,9-12H2,1-3H3/t14-,15+/m0/s1. The van der Waals surface area contributed by atoms with Crippen molar-refractivity contribution in [3.05, 3.63) is 35.4 Å². The summed E-state index contributed by atoms with van der Waals surface area (Å²) in [5, 5.41) is 3.10. The van der Waals surface area contributed by atoms with Gasteiger partial charge in [0.1, 0.15) is 0 Å². The van der Waals surface area contributed by atoms with Crippen molar-refractivity contribution in [3.63, 3.8) is 0 Å². The van der Waals surface area contributed by atoms with Gasteiger partial charge in [-0.1, -0.05) is 24.3 Å². The molecule has 110 valence electrons. The maximum Gasteiger partial charge on any atom is 0.222 e. The number of aryl methyl sites for hydroxylation is 1. The highest BCUT2D eigenvalue weighted by Gasteiger charge is 2.33. The lowest BCUT2D eigenvalue weighted by Crippen LogP contribution is -2.34. The molecule has 1 saturated heterocycles. The van der Waals surface area contributed by atoms with Crippen LogP contribution < -0.4 is 5.32 Å². The van der Waals surface area contributed by atoms with Crippen LogP contribution in [0.15, 0.2) is 24.3 Å². The molecule has 1 heterocycles. The van der Waals surface area contributed by atoms with Crippen molar-refractivity contribution in [1.82, 2.24) is 10.2 Å². The van der Waals surface area contributed by atoms with E-state index in [0.717, 1.165) is 25.9 Å². The van der Waals surface area contributed by atoms with Gasteiger partial charge in [0.25, 0.3) is 0 Å². The van der Waals surface area contributed by atoms with Gasteiger partial charge in [0.15, 0.2) is 0 Å². The summed E-state index contributed by atoms with van der Waals surface area (Å²) in [4.78, 5) is 14.4. The first-order chi connectivity index (χ1) is 9.63. The van der Waals surface area contributed by atoms with Crippen LogP contribution in [0, 0.1) is 6.92 Å². The molecule has 1 aliphatic rings. The Bertz CT molecular complexity index is 458. The summed E-state index contributed by atoms with van der Waals surface area (Å²) in [7, 11) is 1.93. The van der Waals surface area contributed by atoms with E-state index in [9.17, 15) is 4.79 Å². The molecule has 0 unspecified atom stereocenters. The summed E-state index contributed by atoms with van der Waals surface area (Å²) in [6.45, 7) is 6.13. The average Bonchev–Trinajstić information content (AvgIpc) is 2.81. The van der Waals surface area contributed by atoms with E-state index in [1.54, 1.807) is 0 Å². The van der Waals surface area contributed by atoms with E-state index in [0.29, 0.717) is 24.3 Å². The molecule has 0 bridgehead atoms. The van der Waals surface area contributed by atoms with Crippen molar-refractivity contribution >= 4 is 5.91 Å². The largest absolute Gasteiger partial charge is 0.339 e. The Morgan fingerprint density at radius 3 is 2.85 bits per heavy atom. The van der Waals surface area contributed by atoms with Gasteiger partial charge < -0.3 is 10.2 Å². The van der Waals surface area contributed by atoms with Gasteiger partial charge in [-0.2, -0.15) is 0 Å². The fraction of sp³-hybridized carbons (Fsp3) is 0.588. The van der Waals surface area contributed by atoms with Crippen LogP contribution in [0.1, 0.15) is 43.2 Å². The maximum atomic E-state index is 12.3. The summed E-state index contributed by atoms with van der Waals surface area (Å²) in [5.74, 6) is 0.809. The lowest BCUT2D eigenvalue weighted by Gasteiger charge is -2.21. The zero-order valence-electron chi connectivity index (χ0n) is 12.9. The van der Waals surface area contributed by atoms with E-state index in [1.807, 2.05) is 7.05 Å². The number of carbonyl (C=O) groups is 1. The molecule has 2 atom stereocenters. The minimum Gasteiger partial charge on any atom is -0.339 e. The minimum absolute atomic E-state index is 0.309. The van der Waals surface area contributed by atoms with Gasteiger partial charge in [0.05, 0.1) is 0 Å². The molecule has 1 fully saturated rings. The van der Waals surface area contributed by atoms with Crippen molar-refractivity contribution in [3.8, 4) is 0 Å².